The molecule has 0 spiro atoms. The summed E-state index contributed by atoms with van der Waals surface area (Å²) < 4.78 is 46.7. The molecular weight excluding hydrogens is 459 g/mol. The minimum absolute atomic E-state index is 0.0457. The number of nitrogens with one attached hydrogen (secondary N) is 1. The van der Waals surface area contributed by atoms with Crippen LogP contribution in [0.15, 0.2) is 83.4 Å². The molecule has 0 atom stereocenters. The van der Waals surface area contributed by atoms with E-state index in [1.807, 2.05) is 0 Å². The Hall–Kier alpha value is -3.98. The lowest BCUT2D eigenvalue weighted by molar-refractivity contribution is -0.137. The van der Waals surface area contributed by atoms with Crippen LogP contribution in [0, 0.1) is 12.7 Å². The van der Waals surface area contributed by atoms with E-state index in [0.29, 0.717) is 22.3 Å². The van der Waals surface area contributed by atoms with Gasteiger partial charge in [-0.25, -0.2) is 21.9 Å². The van der Waals surface area contributed by atoms with Gasteiger partial charge in [-0.3, -0.25) is 4.79 Å². The Kier molecular flexibility index (Phi) is 6.21. The highest BCUT2D eigenvalue weighted by atomic mass is 32.2. The predicted octanol–water partition coefficient (Wildman–Crippen LogP) is 3.71. The highest BCUT2D eigenvalue weighted by Gasteiger charge is 2.41. The Balaban J connectivity index is 1.85. The Labute approximate surface area is 196 Å². The molecule has 0 fully saturated rings. The summed E-state index contributed by atoms with van der Waals surface area (Å²) in [5.41, 5.74) is 1.51. The van der Waals surface area contributed by atoms with E-state index in [4.69, 9.17) is 4.74 Å². The fourth-order valence-electron chi connectivity index (χ4n) is 3.75. The average Bonchev–Trinajstić information content (AvgIpc) is 2.83. The van der Waals surface area contributed by atoms with Crippen molar-refractivity contribution >= 4 is 33.2 Å². The number of esters is 1. The highest BCUT2D eigenvalue weighted by Crippen LogP contribution is 2.40. The number of nitrogens with zero attached hydrogens (tertiary/aromatic N) is 1. The van der Waals surface area contributed by atoms with E-state index in [1.54, 1.807) is 55.5 Å². The number of hydrogen-bond acceptors (Lipinski definition) is 5. The molecule has 1 amide bonds. The van der Waals surface area contributed by atoms with Gasteiger partial charge < -0.3 is 10.1 Å². The molecule has 3 aromatic rings. The van der Waals surface area contributed by atoms with Crippen molar-refractivity contribution in [2.24, 2.45) is 0 Å². The van der Waals surface area contributed by atoms with Gasteiger partial charge in [-0.2, -0.15) is 0 Å². The predicted molar refractivity (Wildman–Crippen MR) is 125 cm³/mol. The first-order valence-corrected chi connectivity index (χ1v) is 11.7. The zero-order valence-electron chi connectivity index (χ0n) is 18.4. The van der Waals surface area contributed by atoms with Gasteiger partial charge >= 0.3 is 5.97 Å². The lowest BCUT2D eigenvalue weighted by Gasteiger charge is -2.32. The topological polar surface area (TPSA) is 92.8 Å². The van der Waals surface area contributed by atoms with Crippen LogP contribution in [0.1, 0.15) is 16.7 Å². The number of sulfonamides is 1. The molecular formula is C25H21FN2O5S. The number of ether oxygens (including phenoxy) is 1. The molecule has 0 saturated carbocycles. The largest absolute Gasteiger partial charge is 0.464 e. The summed E-state index contributed by atoms with van der Waals surface area (Å²) in [5, 5.41) is 2.49. The highest BCUT2D eigenvalue weighted by molar-refractivity contribution is 7.89. The third kappa shape index (κ3) is 4.17. The SMILES string of the molecule is COC(=O)C1=C(c2ccccc2)c2ccccc2S(=O)(=O)N1CC(=O)Nc1ccc(C)c(F)c1. The molecule has 0 bridgehead atoms. The third-order valence-electron chi connectivity index (χ3n) is 5.39. The zero-order valence-corrected chi connectivity index (χ0v) is 19.2. The fourth-order valence-corrected chi connectivity index (χ4v) is 5.38. The number of halogens is 1. The van der Waals surface area contributed by atoms with Gasteiger partial charge in [0, 0.05) is 16.8 Å². The fraction of sp³-hybridized carbons (Fsp3) is 0.120. The molecule has 1 heterocycles. The van der Waals surface area contributed by atoms with E-state index in [9.17, 15) is 22.4 Å². The van der Waals surface area contributed by atoms with Gasteiger partial charge in [0.2, 0.25) is 5.91 Å². The summed E-state index contributed by atoms with van der Waals surface area (Å²) in [7, 11) is -3.15. The zero-order chi connectivity index (χ0) is 24.5. The number of hydrogen-bond donors (Lipinski definition) is 1. The van der Waals surface area contributed by atoms with Crippen LogP contribution in [-0.2, 0) is 24.3 Å². The van der Waals surface area contributed by atoms with E-state index in [-0.39, 0.29) is 16.3 Å². The van der Waals surface area contributed by atoms with Crippen LogP contribution in [0.25, 0.3) is 5.57 Å². The second-order valence-electron chi connectivity index (χ2n) is 7.60. The second-order valence-corrected chi connectivity index (χ2v) is 9.43. The van der Waals surface area contributed by atoms with Gasteiger partial charge in [0.1, 0.15) is 18.1 Å². The number of benzene rings is 3. The molecule has 0 saturated heterocycles. The molecule has 7 nitrogen and oxygen atoms in total. The van der Waals surface area contributed by atoms with Crippen LogP contribution < -0.4 is 5.32 Å². The first-order valence-electron chi connectivity index (χ1n) is 10.3. The van der Waals surface area contributed by atoms with Crippen LogP contribution in [-0.4, -0.2) is 38.3 Å². The number of carbonyl (C=O) groups excluding carboxylic acids is 2. The van der Waals surface area contributed by atoms with Crippen molar-refractivity contribution in [3.63, 3.8) is 0 Å². The Bertz CT molecular complexity index is 1420. The third-order valence-corrected chi connectivity index (χ3v) is 7.20. The van der Waals surface area contributed by atoms with Crippen molar-refractivity contribution in [3.05, 3.63) is 101 Å². The monoisotopic (exact) mass is 480 g/mol. The normalized spacial score (nSPS) is 14.4. The number of methoxy groups -OCH3 is 1. The summed E-state index contributed by atoms with van der Waals surface area (Å²) in [6.07, 6.45) is 0. The van der Waals surface area contributed by atoms with Gasteiger partial charge in [-0.1, -0.05) is 54.6 Å². The first kappa shape index (κ1) is 23.2. The smallest absolute Gasteiger partial charge is 0.356 e. The molecule has 0 unspecified atom stereocenters. The van der Waals surface area contributed by atoms with Crippen LogP contribution in [0.3, 0.4) is 0 Å². The van der Waals surface area contributed by atoms with E-state index in [1.165, 1.54) is 18.2 Å². The van der Waals surface area contributed by atoms with Crippen LogP contribution in [0.4, 0.5) is 10.1 Å². The maximum atomic E-state index is 13.9. The van der Waals surface area contributed by atoms with Crippen molar-refractivity contribution in [2.45, 2.75) is 11.8 Å². The summed E-state index contributed by atoms with van der Waals surface area (Å²) in [6.45, 7) is 0.865. The van der Waals surface area contributed by atoms with Crippen molar-refractivity contribution in [1.82, 2.24) is 4.31 Å². The summed E-state index contributed by atoms with van der Waals surface area (Å²) in [6, 6.07) is 19.2. The molecule has 0 aliphatic carbocycles. The molecule has 3 aromatic carbocycles. The van der Waals surface area contributed by atoms with Gasteiger partial charge in [-0.15, -0.1) is 0 Å². The van der Waals surface area contributed by atoms with E-state index >= 15 is 0 Å². The van der Waals surface area contributed by atoms with Crippen LogP contribution in [0.5, 0.6) is 0 Å². The number of anilines is 1. The molecule has 174 valence electrons. The van der Waals surface area contributed by atoms with E-state index in [2.05, 4.69) is 5.32 Å². The average molecular weight is 481 g/mol. The van der Waals surface area contributed by atoms with Crippen LogP contribution in [0.2, 0.25) is 0 Å². The van der Waals surface area contributed by atoms with Crippen molar-refractivity contribution in [1.29, 1.82) is 0 Å². The number of aryl methyl sites for hydroxylation is 1. The molecule has 1 N–H and O–H groups in total. The molecule has 34 heavy (non-hydrogen) atoms. The van der Waals surface area contributed by atoms with Crippen molar-refractivity contribution in [3.8, 4) is 0 Å². The van der Waals surface area contributed by atoms with Gasteiger partial charge in [0.15, 0.2) is 0 Å². The lowest BCUT2D eigenvalue weighted by atomic mass is 9.95. The summed E-state index contributed by atoms with van der Waals surface area (Å²) in [4.78, 5) is 25.7. The Morgan fingerprint density at radius 3 is 2.35 bits per heavy atom. The van der Waals surface area contributed by atoms with Gasteiger partial charge in [0.25, 0.3) is 10.0 Å². The second kappa shape index (κ2) is 9.11. The van der Waals surface area contributed by atoms with E-state index in [0.717, 1.165) is 17.5 Å². The summed E-state index contributed by atoms with van der Waals surface area (Å²) in [5.74, 6) is -2.18. The number of fused-ring (bicyclic) bond motifs is 1. The maximum Gasteiger partial charge on any atom is 0.356 e. The molecule has 4 rings (SSSR count). The minimum atomic E-state index is -4.29. The Morgan fingerprint density at radius 2 is 1.68 bits per heavy atom. The van der Waals surface area contributed by atoms with Crippen LogP contribution >= 0.6 is 0 Å². The summed E-state index contributed by atoms with van der Waals surface area (Å²) >= 11 is 0. The quantitative estimate of drug-likeness (QED) is 0.562. The van der Waals surface area contributed by atoms with Crippen molar-refractivity contribution in [2.75, 3.05) is 19.0 Å². The maximum absolute atomic E-state index is 13.9. The van der Waals surface area contributed by atoms with Crippen molar-refractivity contribution < 1.29 is 27.1 Å². The molecule has 1 aliphatic heterocycles. The number of carbonyl (C=O) groups is 2. The number of rotatable bonds is 5. The number of amides is 1. The molecule has 9 heteroatoms. The molecule has 0 aromatic heterocycles. The molecule has 1 aliphatic rings. The van der Waals surface area contributed by atoms with Gasteiger partial charge in [-0.05, 0) is 36.2 Å². The van der Waals surface area contributed by atoms with E-state index < -0.39 is 34.3 Å². The van der Waals surface area contributed by atoms with Gasteiger partial charge in [0.05, 0.1) is 12.0 Å². The molecule has 0 radical (unpaired) electrons. The standard InChI is InChI=1S/C25H21FN2O5S/c1-16-12-13-18(14-20(16)26)27-22(29)15-28-24(25(30)33-2)23(17-8-4-3-5-9-17)19-10-6-7-11-21(19)34(28,31)32/h3-14H,15H2,1-2H3,(H,27,29). The minimum Gasteiger partial charge on any atom is -0.464 e. The lowest BCUT2D eigenvalue weighted by Crippen LogP contribution is -2.43. The first-order chi connectivity index (χ1) is 16.2. The Morgan fingerprint density at radius 1 is 1.00 bits per heavy atom.